The van der Waals surface area contributed by atoms with Crippen LogP contribution in [0.4, 0.5) is 5.82 Å². The van der Waals surface area contributed by atoms with Crippen molar-refractivity contribution < 1.29 is 8.42 Å². The Morgan fingerprint density at radius 3 is 2.31 bits per heavy atom. The average molecular weight is 406 g/mol. The van der Waals surface area contributed by atoms with Crippen LogP contribution >= 0.6 is 0 Å². The molecule has 0 fully saturated rings. The number of hydrogen-bond acceptors (Lipinski definition) is 3. The molecule has 1 aromatic heterocycles. The van der Waals surface area contributed by atoms with Gasteiger partial charge in [-0.2, -0.15) is 0 Å². The van der Waals surface area contributed by atoms with Crippen molar-refractivity contribution in [1.29, 1.82) is 0 Å². The standard InChI is InChI=1S/C23H23N3O2S/c1-16(2)18-13-14-20-22(15-18)26(21-12-8-7-9-17(21)3)24-23(20)25-29(27,28)19-10-5-4-6-11-19/h4-16H,1-3H3,(H,24,25). The minimum atomic E-state index is -3.74. The summed E-state index contributed by atoms with van der Waals surface area (Å²) in [6.07, 6.45) is 0. The molecule has 0 aliphatic carbocycles. The summed E-state index contributed by atoms with van der Waals surface area (Å²) >= 11 is 0. The summed E-state index contributed by atoms with van der Waals surface area (Å²) in [6.45, 7) is 6.28. The molecule has 5 nitrogen and oxygen atoms in total. The molecule has 0 aliphatic rings. The number of nitrogens with one attached hydrogen (secondary N) is 1. The van der Waals surface area contributed by atoms with Gasteiger partial charge in [-0.3, -0.25) is 4.72 Å². The van der Waals surface area contributed by atoms with Crippen LogP contribution in [0.1, 0.15) is 30.9 Å². The highest BCUT2D eigenvalue weighted by atomic mass is 32.2. The number of benzene rings is 3. The Morgan fingerprint density at radius 2 is 1.62 bits per heavy atom. The van der Waals surface area contributed by atoms with E-state index in [-0.39, 0.29) is 4.90 Å². The van der Waals surface area contributed by atoms with Gasteiger partial charge < -0.3 is 0 Å². The van der Waals surface area contributed by atoms with Gasteiger partial charge in [0.25, 0.3) is 10.0 Å². The lowest BCUT2D eigenvalue weighted by atomic mass is 10.0. The van der Waals surface area contributed by atoms with E-state index in [1.807, 2.05) is 48.0 Å². The van der Waals surface area contributed by atoms with Crippen molar-refractivity contribution >= 4 is 26.7 Å². The zero-order valence-corrected chi connectivity index (χ0v) is 17.4. The summed E-state index contributed by atoms with van der Waals surface area (Å²) in [5.41, 5.74) is 4.02. The molecule has 3 aromatic carbocycles. The van der Waals surface area contributed by atoms with Crippen molar-refractivity contribution in [3.63, 3.8) is 0 Å². The van der Waals surface area contributed by atoms with E-state index in [4.69, 9.17) is 0 Å². The van der Waals surface area contributed by atoms with Crippen molar-refractivity contribution in [2.45, 2.75) is 31.6 Å². The van der Waals surface area contributed by atoms with Gasteiger partial charge in [0.15, 0.2) is 5.82 Å². The van der Waals surface area contributed by atoms with Crippen molar-refractivity contribution in [1.82, 2.24) is 9.78 Å². The van der Waals surface area contributed by atoms with E-state index in [1.165, 1.54) is 5.56 Å². The van der Waals surface area contributed by atoms with Crippen LogP contribution in [0.15, 0.2) is 77.7 Å². The minimum absolute atomic E-state index is 0.206. The van der Waals surface area contributed by atoms with Gasteiger partial charge in [0.1, 0.15) is 0 Å². The summed E-state index contributed by atoms with van der Waals surface area (Å²) in [5.74, 6) is 0.673. The fourth-order valence-electron chi connectivity index (χ4n) is 3.34. The van der Waals surface area contributed by atoms with Crippen molar-refractivity contribution in [2.24, 2.45) is 0 Å². The van der Waals surface area contributed by atoms with Crippen molar-refractivity contribution in [3.05, 3.63) is 83.9 Å². The van der Waals surface area contributed by atoms with E-state index in [0.29, 0.717) is 11.7 Å². The van der Waals surface area contributed by atoms with E-state index in [0.717, 1.165) is 22.2 Å². The Bertz CT molecular complexity index is 1280. The van der Waals surface area contributed by atoms with Gasteiger partial charge in [0.05, 0.1) is 16.1 Å². The molecule has 0 radical (unpaired) electrons. The summed E-state index contributed by atoms with van der Waals surface area (Å²) < 4.78 is 30.2. The summed E-state index contributed by atoms with van der Waals surface area (Å²) in [7, 11) is -3.74. The molecule has 0 amide bonds. The molecule has 0 saturated carbocycles. The number of aryl methyl sites for hydroxylation is 1. The highest BCUT2D eigenvalue weighted by Gasteiger charge is 2.20. The van der Waals surface area contributed by atoms with E-state index in [1.54, 1.807) is 30.3 Å². The Balaban J connectivity index is 1.91. The lowest BCUT2D eigenvalue weighted by molar-refractivity contribution is 0.601. The first-order chi connectivity index (χ1) is 13.9. The van der Waals surface area contributed by atoms with Crippen LogP contribution in [0.2, 0.25) is 0 Å². The first-order valence-corrected chi connectivity index (χ1v) is 11.0. The van der Waals surface area contributed by atoms with E-state index in [9.17, 15) is 8.42 Å². The lowest BCUT2D eigenvalue weighted by Crippen LogP contribution is -2.13. The van der Waals surface area contributed by atoms with Gasteiger partial charge in [-0.25, -0.2) is 13.1 Å². The fourth-order valence-corrected chi connectivity index (χ4v) is 4.38. The quantitative estimate of drug-likeness (QED) is 0.493. The van der Waals surface area contributed by atoms with Crippen LogP contribution in [0, 0.1) is 6.92 Å². The topological polar surface area (TPSA) is 64.0 Å². The zero-order valence-electron chi connectivity index (χ0n) is 16.6. The minimum Gasteiger partial charge on any atom is -0.261 e. The Kier molecular flexibility index (Phi) is 4.88. The Hall–Kier alpha value is -3.12. The molecule has 1 heterocycles. The Morgan fingerprint density at radius 1 is 0.931 bits per heavy atom. The number of nitrogens with zero attached hydrogens (tertiary/aromatic N) is 2. The first-order valence-electron chi connectivity index (χ1n) is 9.53. The summed E-state index contributed by atoms with van der Waals surface area (Å²) in [5, 5.41) is 5.42. The maximum atomic E-state index is 12.9. The molecule has 0 saturated heterocycles. The predicted octanol–water partition coefficient (Wildman–Crippen LogP) is 5.26. The third-order valence-electron chi connectivity index (χ3n) is 5.00. The molecular weight excluding hydrogens is 382 g/mol. The third kappa shape index (κ3) is 3.63. The monoisotopic (exact) mass is 405 g/mol. The number of fused-ring (bicyclic) bond motifs is 1. The smallest absolute Gasteiger partial charge is 0.261 e. The molecule has 0 unspecified atom stereocenters. The second-order valence-electron chi connectivity index (χ2n) is 7.40. The van der Waals surface area contributed by atoms with Gasteiger partial charge >= 0.3 is 0 Å². The van der Waals surface area contributed by atoms with Crippen LogP contribution in [-0.4, -0.2) is 18.2 Å². The van der Waals surface area contributed by atoms with Crippen molar-refractivity contribution in [3.8, 4) is 5.69 Å². The molecule has 0 bridgehead atoms. The number of hydrogen-bond donors (Lipinski definition) is 1. The van der Waals surface area contributed by atoms with Crippen molar-refractivity contribution in [2.75, 3.05) is 4.72 Å². The molecule has 29 heavy (non-hydrogen) atoms. The summed E-state index contributed by atoms with van der Waals surface area (Å²) in [4.78, 5) is 0.206. The zero-order chi connectivity index (χ0) is 20.6. The number of anilines is 1. The van der Waals surface area contributed by atoms with Crippen LogP contribution in [-0.2, 0) is 10.0 Å². The fraction of sp³-hybridized carbons (Fsp3) is 0.174. The maximum absolute atomic E-state index is 12.9. The molecule has 4 aromatic rings. The van der Waals surface area contributed by atoms with Crippen LogP contribution in [0.3, 0.4) is 0 Å². The second-order valence-corrected chi connectivity index (χ2v) is 9.08. The van der Waals surface area contributed by atoms with Gasteiger partial charge in [-0.05, 0) is 54.3 Å². The lowest BCUT2D eigenvalue weighted by Gasteiger charge is -2.09. The molecule has 0 aliphatic heterocycles. The number of aromatic nitrogens is 2. The van der Waals surface area contributed by atoms with E-state index >= 15 is 0 Å². The predicted molar refractivity (Wildman–Crippen MR) is 117 cm³/mol. The van der Waals surface area contributed by atoms with E-state index in [2.05, 4.69) is 29.7 Å². The number of para-hydroxylation sites is 1. The van der Waals surface area contributed by atoms with Gasteiger partial charge in [0.2, 0.25) is 0 Å². The largest absolute Gasteiger partial charge is 0.263 e. The third-order valence-corrected chi connectivity index (χ3v) is 6.35. The molecule has 6 heteroatoms. The number of sulfonamides is 1. The molecule has 1 N–H and O–H groups in total. The maximum Gasteiger partial charge on any atom is 0.263 e. The highest BCUT2D eigenvalue weighted by molar-refractivity contribution is 7.92. The molecule has 0 atom stereocenters. The average Bonchev–Trinajstić information content (AvgIpc) is 3.06. The van der Waals surface area contributed by atoms with Crippen LogP contribution in [0.5, 0.6) is 0 Å². The van der Waals surface area contributed by atoms with Gasteiger partial charge in [-0.15, -0.1) is 5.10 Å². The Labute approximate surface area is 171 Å². The molecule has 0 spiro atoms. The molecule has 4 rings (SSSR count). The van der Waals surface area contributed by atoms with Crippen LogP contribution in [0.25, 0.3) is 16.6 Å². The van der Waals surface area contributed by atoms with Gasteiger partial charge in [0, 0.05) is 5.39 Å². The SMILES string of the molecule is Cc1ccccc1-n1nc(NS(=O)(=O)c2ccccc2)c2ccc(C(C)C)cc21. The van der Waals surface area contributed by atoms with E-state index < -0.39 is 10.0 Å². The first kappa shape index (κ1) is 19.2. The van der Waals surface area contributed by atoms with Crippen LogP contribution < -0.4 is 4.72 Å². The number of rotatable bonds is 5. The highest BCUT2D eigenvalue weighted by Crippen LogP contribution is 2.31. The normalized spacial score (nSPS) is 11.9. The molecule has 148 valence electrons. The summed E-state index contributed by atoms with van der Waals surface area (Å²) in [6, 6.07) is 22.3. The van der Waals surface area contributed by atoms with Gasteiger partial charge in [-0.1, -0.05) is 56.3 Å². The molecular formula is C23H23N3O2S. The second kappa shape index (κ2) is 7.37.